The van der Waals surface area contributed by atoms with E-state index in [4.69, 9.17) is 4.43 Å². The molecule has 0 radical (unpaired) electrons. The maximum Gasteiger partial charge on any atom is 0.207 e. The summed E-state index contributed by atoms with van der Waals surface area (Å²) in [5, 5.41) is 40.7. The van der Waals surface area contributed by atoms with E-state index < -0.39 is 30.7 Å². The predicted molar refractivity (Wildman–Crippen MR) is 108 cm³/mol. The Kier molecular flexibility index (Phi) is 4.94. The van der Waals surface area contributed by atoms with Crippen molar-refractivity contribution in [2.24, 2.45) is 22.7 Å². The molecule has 0 unspecified atom stereocenters. The first-order chi connectivity index (χ1) is 12.8. The Hall–Kier alpha value is -2.38. The summed E-state index contributed by atoms with van der Waals surface area (Å²) in [5.74, 6) is -0.771. The number of hydrogen-bond donors (Lipinski definition) is 0. The van der Waals surface area contributed by atoms with Crippen LogP contribution in [0.3, 0.4) is 0 Å². The van der Waals surface area contributed by atoms with Crippen LogP contribution >= 0.6 is 0 Å². The second kappa shape index (κ2) is 6.32. The highest BCUT2D eigenvalue weighted by Crippen LogP contribution is 2.68. The minimum absolute atomic E-state index is 0.173. The van der Waals surface area contributed by atoms with Gasteiger partial charge in [-0.05, 0) is 49.9 Å². The van der Waals surface area contributed by atoms with Crippen LogP contribution in [-0.4, -0.2) is 13.9 Å². The molecule has 3 atom stereocenters. The lowest BCUT2D eigenvalue weighted by Gasteiger charge is -2.62. The first-order valence-corrected chi connectivity index (χ1v) is 12.4. The van der Waals surface area contributed by atoms with Gasteiger partial charge in [0.05, 0.1) is 24.3 Å². The van der Waals surface area contributed by atoms with Crippen molar-refractivity contribution < 1.29 is 4.43 Å². The van der Waals surface area contributed by atoms with Crippen molar-refractivity contribution in [1.29, 1.82) is 21.0 Å². The number of allylic oxidation sites excluding steroid dienone is 2. The Morgan fingerprint density at radius 2 is 1.64 bits per heavy atom. The molecule has 3 rings (SSSR count). The lowest BCUT2D eigenvalue weighted by atomic mass is 9.40. The van der Waals surface area contributed by atoms with Gasteiger partial charge in [0.1, 0.15) is 5.60 Å². The Morgan fingerprint density at radius 1 is 1.14 bits per heavy atom. The molecule has 0 aromatic heterocycles. The first-order valence-electron chi connectivity index (χ1n) is 9.45. The van der Waals surface area contributed by atoms with Gasteiger partial charge in [0.15, 0.2) is 13.7 Å². The van der Waals surface area contributed by atoms with Crippen molar-refractivity contribution in [1.82, 2.24) is 0 Å². The molecule has 3 aliphatic rings. The van der Waals surface area contributed by atoms with Gasteiger partial charge in [-0.3, -0.25) is 0 Å². The summed E-state index contributed by atoms with van der Waals surface area (Å²) >= 11 is 0. The molecular formula is C22H28N4OSi. The molecule has 0 saturated heterocycles. The zero-order valence-electron chi connectivity index (χ0n) is 17.8. The second-order valence-corrected chi connectivity index (χ2v) is 14.5. The third kappa shape index (κ3) is 2.36. The number of rotatable bonds is 3. The molecule has 0 N–H and O–H groups in total. The fraction of sp³-hybridized carbons (Fsp3) is 0.636. The molecule has 0 aromatic carbocycles. The highest BCUT2D eigenvalue weighted by Gasteiger charge is 2.77. The fourth-order valence-electron chi connectivity index (χ4n) is 4.55. The van der Waals surface area contributed by atoms with Crippen LogP contribution in [0.5, 0.6) is 0 Å². The van der Waals surface area contributed by atoms with Gasteiger partial charge in [-0.15, -0.1) is 0 Å². The first kappa shape index (κ1) is 21.9. The molecule has 0 heterocycles. The molecule has 3 aliphatic carbocycles. The minimum atomic E-state index is -2.47. The van der Waals surface area contributed by atoms with E-state index in [2.05, 4.69) is 64.7 Å². The minimum Gasteiger partial charge on any atom is -0.405 e. The molecule has 6 heteroatoms. The van der Waals surface area contributed by atoms with Gasteiger partial charge in [-0.1, -0.05) is 39.0 Å². The van der Waals surface area contributed by atoms with Crippen LogP contribution < -0.4 is 0 Å². The molecule has 0 spiro atoms. The van der Waals surface area contributed by atoms with Crippen molar-refractivity contribution >= 4 is 8.32 Å². The Labute approximate surface area is 169 Å². The van der Waals surface area contributed by atoms with E-state index in [-0.39, 0.29) is 11.0 Å². The van der Waals surface area contributed by atoms with Crippen molar-refractivity contribution in [2.75, 3.05) is 0 Å². The van der Waals surface area contributed by atoms with Crippen molar-refractivity contribution in [2.45, 2.75) is 64.8 Å². The summed E-state index contributed by atoms with van der Waals surface area (Å²) in [6.07, 6.45) is 2.27. The summed E-state index contributed by atoms with van der Waals surface area (Å²) in [6.45, 7) is 18.2. The Bertz CT molecular complexity index is 885. The van der Waals surface area contributed by atoms with E-state index in [1.807, 2.05) is 19.9 Å². The number of fused-ring (bicyclic) bond motifs is 2. The molecule has 5 nitrogen and oxygen atoms in total. The Balaban J connectivity index is 2.96. The van der Waals surface area contributed by atoms with Gasteiger partial charge in [0.2, 0.25) is 5.41 Å². The highest BCUT2D eigenvalue weighted by atomic mass is 28.4. The topological polar surface area (TPSA) is 104 Å². The fourth-order valence-corrected chi connectivity index (χ4v) is 6.13. The summed E-state index contributed by atoms with van der Waals surface area (Å²) in [6, 6.07) is 8.41. The Morgan fingerprint density at radius 3 is 2.00 bits per heavy atom. The van der Waals surface area contributed by atoms with Gasteiger partial charge in [-0.2, -0.15) is 21.0 Å². The monoisotopic (exact) mass is 392 g/mol. The van der Waals surface area contributed by atoms with Crippen LogP contribution in [0.1, 0.15) is 41.0 Å². The summed E-state index contributed by atoms with van der Waals surface area (Å²) in [4.78, 5) is 0. The van der Waals surface area contributed by atoms with Crippen LogP contribution in [0.25, 0.3) is 0 Å². The number of hydrogen-bond acceptors (Lipinski definition) is 5. The SMILES string of the molecule is C=C(C)[C@@H]1C[C@]2(O[Si](C)(C)C(C)(C)C)C(C)=C[C@H]1C(C#N)(C#N)C2(C#N)C#N. The van der Waals surface area contributed by atoms with E-state index >= 15 is 0 Å². The van der Waals surface area contributed by atoms with E-state index in [9.17, 15) is 21.0 Å². The van der Waals surface area contributed by atoms with Crippen LogP contribution in [-0.2, 0) is 4.43 Å². The lowest BCUT2D eigenvalue weighted by Crippen LogP contribution is -2.71. The quantitative estimate of drug-likeness (QED) is 0.497. The maximum atomic E-state index is 10.3. The van der Waals surface area contributed by atoms with E-state index in [1.54, 1.807) is 0 Å². The van der Waals surface area contributed by atoms with Crippen molar-refractivity contribution in [3.8, 4) is 24.3 Å². The molecule has 2 bridgehead atoms. The van der Waals surface area contributed by atoms with E-state index in [1.165, 1.54) is 0 Å². The zero-order chi connectivity index (χ0) is 21.8. The van der Waals surface area contributed by atoms with Gasteiger partial charge in [0.25, 0.3) is 0 Å². The summed E-state index contributed by atoms with van der Waals surface area (Å²) in [7, 11) is -2.47. The number of nitrogens with zero attached hydrogens (tertiary/aromatic N) is 4. The van der Waals surface area contributed by atoms with Crippen LogP contribution in [0.2, 0.25) is 18.1 Å². The normalized spacial score (nSPS) is 30.2. The highest BCUT2D eigenvalue weighted by molar-refractivity contribution is 6.74. The van der Waals surface area contributed by atoms with Gasteiger partial charge >= 0.3 is 0 Å². The molecule has 0 aromatic rings. The summed E-state index contributed by atoms with van der Waals surface area (Å²) < 4.78 is 6.85. The molecule has 0 amide bonds. The average Bonchev–Trinajstić information content (AvgIpc) is 2.60. The van der Waals surface area contributed by atoms with Gasteiger partial charge in [0, 0.05) is 5.92 Å². The summed E-state index contributed by atoms with van der Waals surface area (Å²) in [5.41, 5.74) is -3.45. The molecule has 28 heavy (non-hydrogen) atoms. The molecule has 1 fully saturated rings. The average molecular weight is 393 g/mol. The van der Waals surface area contributed by atoms with Crippen molar-refractivity contribution in [3.63, 3.8) is 0 Å². The van der Waals surface area contributed by atoms with E-state index in [0.717, 1.165) is 11.1 Å². The zero-order valence-corrected chi connectivity index (χ0v) is 18.8. The van der Waals surface area contributed by atoms with Crippen LogP contribution in [0.4, 0.5) is 0 Å². The molecule has 1 saturated carbocycles. The third-order valence-corrected chi connectivity index (χ3v) is 11.7. The maximum absolute atomic E-state index is 10.3. The number of nitriles is 4. The standard InChI is InChI=1S/C22H28N4OSi/c1-15(2)17-10-22(27-28(7,8)19(4,5)6)16(3)9-18(17)20(11-23,12-24)21(22,13-25)14-26/h9,17-18H,1,10H2,2-8H3/t17-,18+,22-/m0/s1. The van der Waals surface area contributed by atoms with E-state index in [0.29, 0.717) is 6.42 Å². The van der Waals surface area contributed by atoms with Crippen LogP contribution in [0.15, 0.2) is 23.8 Å². The molecular weight excluding hydrogens is 364 g/mol. The largest absolute Gasteiger partial charge is 0.405 e. The molecule has 0 aliphatic heterocycles. The lowest BCUT2D eigenvalue weighted by molar-refractivity contribution is -0.101. The van der Waals surface area contributed by atoms with Crippen molar-refractivity contribution in [3.05, 3.63) is 23.8 Å². The molecule has 146 valence electrons. The second-order valence-electron chi connectivity index (χ2n) is 9.73. The van der Waals surface area contributed by atoms with Gasteiger partial charge < -0.3 is 4.43 Å². The third-order valence-electron chi connectivity index (χ3n) is 7.26. The van der Waals surface area contributed by atoms with Crippen LogP contribution in [0, 0.1) is 68.0 Å². The van der Waals surface area contributed by atoms with Gasteiger partial charge in [-0.25, -0.2) is 0 Å². The predicted octanol–water partition coefficient (Wildman–Crippen LogP) is 4.99. The smallest absolute Gasteiger partial charge is 0.207 e.